The second kappa shape index (κ2) is 9.76. The standard InChI is InChI=1S/C23H21NO3S/c1-27-23(26)19-11-7-8-17(14-19)15-28-16-22(25)24-21-13-6-5-12-20(21)18-9-3-2-4-10-18/h2-14H,15-16H2,1H3,(H,24,25). The SMILES string of the molecule is COC(=O)c1cccc(CSCC(=O)Nc2ccccc2-c2ccccc2)c1. The highest BCUT2D eigenvalue weighted by Crippen LogP contribution is 2.27. The normalized spacial score (nSPS) is 10.3. The summed E-state index contributed by atoms with van der Waals surface area (Å²) in [4.78, 5) is 24.0. The first-order chi connectivity index (χ1) is 13.7. The molecule has 0 atom stereocenters. The summed E-state index contributed by atoms with van der Waals surface area (Å²) < 4.78 is 4.74. The Morgan fingerprint density at radius 2 is 1.68 bits per heavy atom. The van der Waals surface area contributed by atoms with E-state index in [0.717, 1.165) is 22.4 Å². The third-order valence-corrected chi connectivity index (χ3v) is 5.14. The van der Waals surface area contributed by atoms with Gasteiger partial charge in [0.1, 0.15) is 0 Å². The topological polar surface area (TPSA) is 55.4 Å². The smallest absolute Gasteiger partial charge is 0.337 e. The molecule has 0 radical (unpaired) electrons. The molecule has 5 heteroatoms. The lowest BCUT2D eigenvalue weighted by Crippen LogP contribution is -2.14. The number of esters is 1. The Balaban J connectivity index is 1.58. The fourth-order valence-corrected chi connectivity index (χ4v) is 3.59. The molecule has 0 saturated heterocycles. The molecule has 0 aliphatic heterocycles. The summed E-state index contributed by atoms with van der Waals surface area (Å²) in [5.74, 6) is 0.545. The summed E-state index contributed by atoms with van der Waals surface area (Å²) in [6.07, 6.45) is 0. The van der Waals surface area contributed by atoms with E-state index in [9.17, 15) is 9.59 Å². The van der Waals surface area contributed by atoms with Crippen LogP contribution in [0.4, 0.5) is 5.69 Å². The number of thioether (sulfide) groups is 1. The number of anilines is 1. The molecule has 4 nitrogen and oxygen atoms in total. The summed E-state index contributed by atoms with van der Waals surface area (Å²) in [5, 5.41) is 3.00. The van der Waals surface area contributed by atoms with Crippen molar-refractivity contribution >= 4 is 29.3 Å². The van der Waals surface area contributed by atoms with E-state index < -0.39 is 0 Å². The summed E-state index contributed by atoms with van der Waals surface area (Å²) in [6.45, 7) is 0. The zero-order valence-corrected chi connectivity index (χ0v) is 16.4. The molecule has 3 aromatic carbocycles. The Morgan fingerprint density at radius 3 is 2.46 bits per heavy atom. The molecule has 0 saturated carbocycles. The van der Waals surface area contributed by atoms with Crippen molar-refractivity contribution in [2.24, 2.45) is 0 Å². The van der Waals surface area contributed by atoms with Gasteiger partial charge in [0.2, 0.25) is 5.91 Å². The number of carbonyl (C=O) groups is 2. The number of benzene rings is 3. The van der Waals surface area contributed by atoms with Gasteiger partial charge in [0.15, 0.2) is 0 Å². The van der Waals surface area contributed by atoms with Crippen LogP contribution in [0.1, 0.15) is 15.9 Å². The first-order valence-electron chi connectivity index (χ1n) is 8.86. The third kappa shape index (κ3) is 5.24. The summed E-state index contributed by atoms with van der Waals surface area (Å²) in [6, 6.07) is 25.0. The Labute approximate surface area is 168 Å². The van der Waals surface area contributed by atoms with Crippen molar-refractivity contribution in [3.05, 3.63) is 90.0 Å². The lowest BCUT2D eigenvalue weighted by molar-refractivity contribution is -0.113. The molecule has 0 aliphatic carbocycles. The number of para-hydroxylation sites is 1. The largest absolute Gasteiger partial charge is 0.465 e. The average Bonchev–Trinajstić information content (AvgIpc) is 2.74. The molecule has 0 aromatic heterocycles. The lowest BCUT2D eigenvalue weighted by atomic mass is 10.0. The Bertz CT molecular complexity index is 957. The van der Waals surface area contributed by atoms with Crippen LogP contribution in [0, 0.1) is 0 Å². The van der Waals surface area contributed by atoms with Crippen LogP contribution in [-0.2, 0) is 15.3 Å². The molecule has 142 valence electrons. The molecule has 0 unspecified atom stereocenters. The van der Waals surface area contributed by atoms with E-state index in [0.29, 0.717) is 17.1 Å². The molecule has 1 N–H and O–H groups in total. The quantitative estimate of drug-likeness (QED) is 0.575. The maximum Gasteiger partial charge on any atom is 0.337 e. The predicted octanol–water partition coefficient (Wildman–Crippen LogP) is 5.01. The van der Waals surface area contributed by atoms with Crippen molar-refractivity contribution in [3.8, 4) is 11.1 Å². The van der Waals surface area contributed by atoms with E-state index >= 15 is 0 Å². The van der Waals surface area contributed by atoms with Gasteiger partial charge in [-0.15, -0.1) is 11.8 Å². The minimum Gasteiger partial charge on any atom is -0.465 e. The number of carbonyl (C=O) groups excluding carboxylic acids is 2. The molecule has 1 amide bonds. The van der Waals surface area contributed by atoms with Crippen molar-refractivity contribution in [1.29, 1.82) is 0 Å². The van der Waals surface area contributed by atoms with Gasteiger partial charge in [-0.2, -0.15) is 0 Å². The number of rotatable bonds is 7. The fraction of sp³-hybridized carbons (Fsp3) is 0.130. The first-order valence-corrected chi connectivity index (χ1v) is 10.0. The van der Waals surface area contributed by atoms with Gasteiger partial charge in [0.05, 0.1) is 18.4 Å². The molecule has 0 bridgehead atoms. The summed E-state index contributed by atoms with van der Waals surface area (Å²) in [7, 11) is 1.36. The van der Waals surface area contributed by atoms with Crippen LogP contribution in [-0.4, -0.2) is 24.7 Å². The second-order valence-electron chi connectivity index (χ2n) is 6.14. The Hall–Kier alpha value is -3.05. The molecular weight excluding hydrogens is 370 g/mol. The highest BCUT2D eigenvalue weighted by molar-refractivity contribution is 7.99. The highest BCUT2D eigenvalue weighted by atomic mass is 32.2. The first kappa shape index (κ1) is 19.7. The minimum atomic E-state index is -0.359. The Kier molecular flexibility index (Phi) is 6.87. The van der Waals surface area contributed by atoms with Crippen molar-refractivity contribution < 1.29 is 14.3 Å². The van der Waals surface area contributed by atoms with Crippen molar-refractivity contribution in [1.82, 2.24) is 0 Å². The molecule has 28 heavy (non-hydrogen) atoms. The zero-order chi connectivity index (χ0) is 19.8. The van der Waals surface area contributed by atoms with E-state index in [1.54, 1.807) is 12.1 Å². The van der Waals surface area contributed by atoms with Crippen LogP contribution < -0.4 is 5.32 Å². The van der Waals surface area contributed by atoms with Gasteiger partial charge in [0, 0.05) is 17.0 Å². The van der Waals surface area contributed by atoms with Gasteiger partial charge in [0.25, 0.3) is 0 Å². The number of methoxy groups -OCH3 is 1. The summed E-state index contributed by atoms with van der Waals surface area (Å²) in [5.41, 5.74) is 4.34. The van der Waals surface area contributed by atoms with Gasteiger partial charge in [-0.1, -0.05) is 60.7 Å². The maximum atomic E-state index is 12.4. The van der Waals surface area contributed by atoms with E-state index in [-0.39, 0.29) is 11.9 Å². The monoisotopic (exact) mass is 391 g/mol. The van der Waals surface area contributed by atoms with Crippen molar-refractivity contribution in [2.75, 3.05) is 18.2 Å². The maximum absolute atomic E-state index is 12.4. The molecule has 0 aliphatic rings. The van der Waals surface area contributed by atoms with Crippen LogP contribution in [0.3, 0.4) is 0 Å². The second-order valence-corrected chi connectivity index (χ2v) is 7.13. The van der Waals surface area contributed by atoms with E-state index in [2.05, 4.69) is 5.32 Å². The van der Waals surface area contributed by atoms with E-state index in [4.69, 9.17) is 4.74 Å². The van der Waals surface area contributed by atoms with Crippen molar-refractivity contribution in [3.63, 3.8) is 0 Å². The van der Waals surface area contributed by atoms with Crippen LogP contribution in [0.25, 0.3) is 11.1 Å². The van der Waals surface area contributed by atoms with Crippen LogP contribution in [0.5, 0.6) is 0 Å². The number of ether oxygens (including phenoxy) is 1. The molecule has 0 heterocycles. The predicted molar refractivity (Wildman–Crippen MR) is 114 cm³/mol. The van der Waals surface area contributed by atoms with Crippen LogP contribution >= 0.6 is 11.8 Å². The minimum absolute atomic E-state index is 0.0579. The number of hydrogen-bond acceptors (Lipinski definition) is 4. The van der Waals surface area contributed by atoms with E-state index in [1.807, 2.05) is 66.7 Å². The van der Waals surface area contributed by atoms with Crippen molar-refractivity contribution in [2.45, 2.75) is 5.75 Å². The van der Waals surface area contributed by atoms with Gasteiger partial charge in [-0.05, 0) is 29.3 Å². The molecule has 0 spiro atoms. The third-order valence-electron chi connectivity index (χ3n) is 4.14. The van der Waals surface area contributed by atoms with Gasteiger partial charge in [-0.3, -0.25) is 4.79 Å². The Morgan fingerprint density at radius 1 is 0.929 bits per heavy atom. The van der Waals surface area contributed by atoms with Gasteiger partial charge in [-0.25, -0.2) is 4.79 Å². The van der Waals surface area contributed by atoms with Crippen LogP contribution in [0.15, 0.2) is 78.9 Å². The number of nitrogens with one attached hydrogen (secondary N) is 1. The summed E-state index contributed by atoms with van der Waals surface area (Å²) >= 11 is 1.50. The number of hydrogen-bond donors (Lipinski definition) is 1. The average molecular weight is 391 g/mol. The molecule has 0 fully saturated rings. The zero-order valence-electron chi connectivity index (χ0n) is 15.6. The lowest BCUT2D eigenvalue weighted by Gasteiger charge is -2.11. The number of amides is 1. The van der Waals surface area contributed by atoms with Crippen LogP contribution in [0.2, 0.25) is 0 Å². The highest BCUT2D eigenvalue weighted by Gasteiger charge is 2.09. The van der Waals surface area contributed by atoms with Gasteiger partial charge < -0.3 is 10.1 Å². The molecular formula is C23H21NO3S. The molecule has 3 rings (SSSR count). The van der Waals surface area contributed by atoms with E-state index in [1.165, 1.54) is 18.9 Å². The van der Waals surface area contributed by atoms with Gasteiger partial charge >= 0.3 is 5.97 Å². The fourth-order valence-electron chi connectivity index (χ4n) is 2.82. The molecule has 3 aromatic rings.